The molecule has 1 amide bonds. The van der Waals surface area contributed by atoms with Gasteiger partial charge in [-0.25, -0.2) is 10.9 Å². The Morgan fingerprint density at radius 1 is 1.43 bits per heavy atom. The second-order valence-electron chi connectivity index (χ2n) is 5.83. The smallest absolute Gasteiger partial charge is 0.225 e. The molecule has 3 N–H and O–H groups in total. The summed E-state index contributed by atoms with van der Waals surface area (Å²) < 4.78 is 2.68. The van der Waals surface area contributed by atoms with E-state index in [1.165, 1.54) is 5.56 Å². The van der Waals surface area contributed by atoms with E-state index in [0.29, 0.717) is 6.54 Å². The third-order valence-electron chi connectivity index (χ3n) is 3.93. The lowest BCUT2D eigenvalue weighted by atomic mass is 10.0. The standard InChI is InChI=1S/C16H20BrN5O/c1-11(9-22-10-13(17)8-18-22)16(23)19-15-7-14(20-21-15)12-5-3-2-4-6-12/h2-6,8,10-11,14-15,20-21H,7,9H2,1H3,(H,19,23). The molecule has 2 heterocycles. The molecule has 3 rings (SSSR count). The van der Waals surface area contributed by atoms with Crippen molar-refractivity contribution in [1.82, 2.24) is 25.9 Å². The van der Waals surface area contributed by atoms with Crippen LogP contribution in [0.3, 0.4) is 0 Å². The van der Waals surface area contributed by atoms with Crippen LogP contribution in [0.2, 0.25) is 0 Å². The first-order chi connectivity index (χ1) is 11.1. The van der Waals surface area contributed by atoms with Crippen LogP contribution in [0.25, 0.3) is 0 Å². The summed E-state index contributed by atoms with van der Waals surface area (Å²) in [5, 5.41) is 7.22. The molecule has 1 fully saturated rings. The van der Waals surface area contributed by atoms with Gasteiger partial charge in [0.25, 0.3) is 0 Å². The molecule has 0 spiro atoms. The largest absolute Gasteiger partial charge is 0.339 e. The van der Waals surface area contributed by atoms with Gasteiger partial charge in [0.1, 0.15) is 0 Å². The molecule has 0 bridgehead atoms. The number of benzene rings is 1. The maximum Gasteiger partial charge on any atom is 0.225 e. The zero-order chi connectivity index (χ0) is 16.2. The van der Waals surface area contributed by atoms with Gasteiger partial charge in [0.05, 0.1) is 29.3 Å². The number of amides is 1. The molecule has 2 aromatic rings. The average Bonchev–Trinajstić information content (AvgIpc) is 3.17. The topological polar surface area (TPSA) is 71.0 Å². The van der Waals surface area contributed by atoms with Gasteiger partial charge in [-0.3, -0.25) is 9.48 Å². The molecule has 1 aromatic carbocycles. The van der Waals surface area contributed by atoms with E-state index in [9.17, 15) is 4.79 Å². The highest BCUT2D eigenvalue weighted by Crippen LogP contribution is 2.21. The van der Waals surface area contributed by atoms with Crippen LogP contribution in [0.15, 0.2) is 47.2 Å². The summed E-state index contributed by atoms with van der Waals surface area (Å²) in [5.41, 5.74) is 7.59. The van der Waals surface area contributed by atoms with Gasteiger partial charge in [0.15, 0.2) is 0 Å². The maximum atomic E-state index is 12.3. The first kappa shape index (κ1) is 16.2. The number of nitrogens with one attached hydrogen (secondary N) is 3. The highest BCUT2D eigenvalue weighted by atomic mass is 79.9. The van der Waals surface area contributed by atoms with E-state index in [-0.39, 0.29) is 24.0 Å². The highest BCUT2D eigenvalue weighted by molar-refractivity contribution is 9.10. The maximum absolute atomic E-state index is 12.3. The molecule has 7 heteroatoms. The summed E-state index contributed by atoms with van der Waals surface area (Å²) in [6, 6.07) is 10.4. The Bertz CT molecular complexity index is 660. The average molecular weight is 378 g/mol. The zero-order valence-electron chi connectivity index (χ0n) is 12.9. The Morgan fingerprint density at radius 3 is 2.91 bits per heavy atom. The van der Waals surface area contributed by atoms with Crippen LogP contribution in [0.1, 0.15) is 24.9 Å². The van der Waals surface area contributed by atoms with E-state index < -0.39 is 0 Å². The van der Waals surface area contributed by atoms with Gasteiger partial charge in [-0.2, -0.15) is 5.10 Å². The summed E-state index contributed by atoms with van der Waals surface area (Å²) in [6.45, 7) is 2.46. The summed E-state index contributed by atoms with van der Waals surface area (Å²) >= 11 is 3.36. The zero-order valence-corrected chi connectivity index (χ0v) is 14.5. The number of halogens is 1. The number of hydrogen-bond acceptors (Lipinski definition) is 4. The Labute approximate surface area is 143 Å². The van der Waals surface area contributed by atoms with Crippen molar-refractivity contribution < 1.29 is 4.79 Å². The Morgan fingerprint density at radius 2 is 2.22 bits per heavy atom. The Hall–Kier alpha value is -1.70. The van der Waals surface area contributed by atoms with Crippen molar-refractivity contribution in [2.75, 3.05) is 0 Å². The molecule has 1 aliphatic rings. The molecule has 6 nitrogen and oxygen atoms in total. The lowest BCUT2D eigenvalue weighted by Crippen LogP contribution is -2.46. The second-order valence-corrected chi connectivity index (χ2v) is 6.75. The van der Waals surface area contributed by atoms with Gasteiger partial charge in [-0.15, -0.1) is 0 Å². The van der Waals surface area contributed by atoms with E-state index in [1.54, 1.807) is 10.9 Å². The van der Waals surface area contributed by atoms with Crippen molar-refractivity contribution in [1.29, 1.82) is 0 Å². The number of nitrogens with zero attached hydrogens (tertiary/aromatic N) is 2. The fourth-order valence-corrected chi connectivity index (χ4v) is 3.00. The van der Waals surface area contributed by atoms with Crippen LogP contribution in [0.4, 0.5) is 0 Å². The minimum atomic E-state index is -0.153. The Balaban J connectivity index is 1.50. The lowest BCUT2D eigenvalue weighted by Gasteiger charge is -2.16. The predicted molar refractivity (Wildman–Crippen MR) is 91.1 cm³/mol. The minimum absolute atomic E-state index is 0.0182. The summed E-state index contributed by atoms with van der Waals surface area (Å²) in [6.07, 6.45) is 4.33. The fourth-order valence-electron chi connectivity index (χ4n) is 2.67. The summed E-state index contributed by atoms with van der Waals surface area (Å²) in [4.78, 5) is 12.3. The van der Waals surface area contributed by atoms with Crippen molar-refractivity contribution in [2.24, 2.45) is 5.92 Å². The molecule has 0 aliphatic carbocycles. The Kier molecular flexibility index (Phi) is 5.09. The van der Waals surface area contributed by atoms with Gasteiger partial charge >= 0.3 is 0 Å². The summed E-state index contributed by atoms with van der Waals surface area (Å²) in [5.74, 6) is -0.135. The van der Waals surface area contributed by atoms with Crippen LogP contribution in [0, 0.1) is 5.92 Å². The van der Waals surface area contributed by atoms with Crippen LogP contribution >= 0.6 is 15.9 Å². The van der Waals surface area contributed by atoms with E-state index >= 15 is 0 Å². The quantitative estimate of drug-likeness (QED) is 0.744. The van der Waals surface area contributed by atoms with Crippen molar-refractivity contribution in [3.63, 3.8) is 0 Å². The molecule has 122 valence electrons. The monoisotopic (exact) mass is 377 g/mol. The number of hydrogen-bond donors (Lipinski definition) is 3. The van der Waals surface area contributed by atoms with E-state index in [2.05, 4.69) is 49.3 Å². The third-order valence-corrected chi connectivity index (χ3v) is 4.34. The van der Waals surface area contributed by atoms with Crippen molar-refractivity contribution in [3.05, 3.63) is 52.8 Å². The number of hydrazine groups is 1. The molecular formula is C16H20BrN5O. The third kappa shape index (κ3) is 4.19. The van der Waals surface area contributed by atoms with Crippen molar-refractivity contribution in [3.8, 4) is 0 Å². The minimum Gasteiger partial charge on any atom is -0.339 e. The highest BCUT2D eigenvalue weighted by Gasteiger charge is 2.27. The molecule has 0 saturated carbocycles. The molecular weight excluding hydrogens is 358 g/mol. The molecule has 3 atom stereocenters. The molecule has 3 unspecified atom stereocenters. The molecule has 1 saturated heterocycles. The van der Waals surface area contributed by atoms with Crippen molar-refractivity contribution in [2.45, 2.75) is 32.1 Å². The molecule has 0 radical (unpaired) electrons. The fraction of sp³-hybridized carbons (Fsp3) is 0.375. The van der Waals surface area contributed by atoms with Gasteiger partial charge in [0, 0.05) is 18.7 Å². The first-order valence-electron chi connectivity index (χ1n) is 7.66. The first-order valence-corrected chi connectivity index (χ1v) is 8.45. The number of carbonyl (C=O) groups excluding carboxylic acids is 1. The van der Waals surface area contributed by atoms with Crippen LogP contribution in [-0.2, 0) is 11.3 Å². The molecule has 1 aromatic heterocycles. The number of aromatic nitrogens is 2. The van der Waals surface area contributed by atoms with Gasteiger partial charge in [-0.05, 0) is 21.5 Å². The van der Waals surface area contributed by atoms with Gasteiger partial charge < -0.3 is 5.32 Å². The predicted octanol–water partition coefficient (Wildman–Crippen LogP) is 1.96. The van der Waals surface area contributed by atoms with Gasteiger partial charge in [-0.1, -0.05) is 37.3 Å². The van der Waals surface area contributed by atoms with Crippen molar-refractivity contribution >= 4 is 21.8 Å². The molecule has 1 aliphatic heterocycles. The SMILES string of the molecule is CC(Cn1cc(Br)cn1)C(=O)NC1CC(c2ccccc2)NN1. The van der Waals surface area contributed by atoms with Gasteiger partial charge in [0.2, 0.25) is 5.91 Å². The van der Waals surface area contributed by atoms with E-state index in [4.69, 9.17) is 0 Å². The number of rotatable bonds is 5. The van der Waals surface area contributed by atoms with E-state index in [1.807, 2.05) is 31.3 Å². The van der Waals surface area contributed by atoms with Crippen LogP contribution < -0.4 is 16.2 Å². The summed E-state index contributed by atoms with van der Waals surface area (Å²) in [7, 11) is 0. The lowest BCUT2D eigenvalue weighted by molar-refractivity contribution is -0.125. The van der Waals surface area contributed by atoms with Crippen LogP contribution in [-0.4, -0.2) is 21.9 Å². The normalized spacial score (nSPS) is 22.0. The second kappa shape index (κ2) is 7.25. The van der Waals surface area contributed by atoms with Crippen LogP contribution in [0.5, 0.6) is 0 Å². The number of carbonyl (C=O) groups is 1. The molecule has 23 heavy (non-hydrogen) atoms. The van der Waals surface area contributed by atoms with E-state index in [0.717, 1.165) is 10.9 Å².